The fraction of sp³-hybridized carbons (Fsp3) is 0.917. The number of piperazine rings is 1. The van der Waals surface area contributed by atoms with Crippen molar-refractivity contribution in [2.75, 3.05) is 39.3 Å². The summed E-state index contributed by atoms with van der Waals surface area (Å²) in [6.45, 7) is 5.07. The standard InChI is InChI=1S/C12H21F2N3O/c1-2-10-7-17(12(18)9-5-15-6-9)4-3-16(10)8-11(13)14/h9-11,15H,2-8H2,1H3. The number of halogens is 2. The van der Waals surface area contributed by atoms with Crippen molar-refractivity contribution in [1.82, 2.24) is 15.1 Å². The van der Waals surface area contributed by atoms with Gasteiger partial charge in [-0.1, -0.05) is 6.92 Å². The first-order chi connectivity index (χ1) is 8.61. The zero-order chi connectivity index (χ0) is 13.1. The van der Waals surface area contributed by atoms with Gasteiger partial charge in [-0.05, 0) is 6.42 Å². The molecule has 0 aromatic carbocycles. The van der Waals surface area contributed by atoms with Crippen molar-refractivity contribution in [2.45, 2.75) is 25.8 Å². The maximum absolute atomic E-state index is 12.4. The van der Waals surface area contributed by atoms with Gasteiger partial charge in [0.1, 0.15) is 0 Å². The van der Waals surface area contributed by atoms with E-state index in [4.69, 9.17) is 0 Å². The van der Waals surface area contributed by atoms with Gasteiger partial charge in [0.25, 0.3) is 6.43 Å². The highest BCUT2D eigenvalue weighted by Gasteiger charge is 2.34. The lowest BCUT2D eigenvalue weighted by atomic mass is 10.00. The van der Waals surface area contributed by atoms with E-state index in [1.54, 1.807) is 0 Å². The number of hydrogen-bond acceptors (Lipinski definition) is 3. The second kappa shape index (κ2) is 5.93. The van der Waals surface area contributed by atoms with E-state index in [2.05, 4.69) is 5.32 Å². The number of carbonyl (C=O) groups excluding carboxylic acids is 1. The Hall–Kier alpha value is -0.750. The van der Waals surface area contributed by atoms with Gasteiger partial charge in [-0.3, -0.25) is 9.69 Å². The molecule has 2 heterocycles. The van der Waals surface area contributed by atoms with Gasteiger partial charge in [0.05, 0.1) is 12.5 Å². The van der Waals surface area contributed by atoms with E-state index in [1.165, 1.54) is 0 Å². The first-order valence-corrected chi connectivity index (χ1v) is 6.63. The summed E-state index contributed by atoms with van der Waals surface area (Å²) in [4.78, 5) is 15.8. The lowest BCUT2D eigenvalue weighted by Gasteiger charge is -2.43. The molecule has 0 radical (unpaired) electrons. The molecule has 4 nitrogen and oxygen atoms in total. The molecule has 1 unspecified atom stereocenters. The summed E-state index contributed by atoms with van der Waals surface area (Å²) in [5, 5.41) is 3.08. The highest BCUT2D eigenvalue weighted by molar-refractivity contribution is 5.80. The van der Waals surface area contributed by atoms with Crippen LogP contribution in [0.5, 0.6) is 0 Å². The Labute approximate surface area is 106 Å². The van der Waals surface area contributed by atoms with Crippen LogP contribution in [0.1, 0.15) is 13.3 Å². The highest BCUT2D eigenvalue weighted by atomic mass is 19.3. The summed E-state index contributed by atoms with van der Waals surface area (Å²) in [7, 11) is 0. The average Bonchev–Trinajstić information content (AvgIpc) is 2.26. The Morgan fingerprint density at radius 1 is 1.39 bits per heavy atom. The molecule has 1 atom stereocenters. The molecule has 2 aliphatic rings. The summed E-state index contributed by atoms with van der Waals surface area (Å²) >= 11 is 0. The monoisotopic (exact) mass is 261 g/mol. The highest BCUT2D eigenvalue weighted by Crippen LogP contribution is 2.17. The molecule has 0 aromatic heterocycles. The summed E-state index contributed by atoms with van der Waals surface area (Å²) in [5.41, 5.74) is 0. The zero-order valence-corrected chi connectivity index (χ0v) is 10.7. The van der Waals surface area contributed by atoms with Crippen LogP contribution in [0.4, 0.5) is 8.78 Å². The number of nitrogens with one attached hydrogen (secondary N) is 1. The molecule has 2 fully saturated rings. The fourth-order valence-electron chi connectivity index (χ4n) is 2.62. The maximum atomic E-state index is 12.4. The first-order valence-electron chi connectivity index (χ1n) is 6.63. The van der Waals surface area contributed by atoms with E-state index >= 15 is 0 Å². The minimum Gasteiger partial charge on any atom is -0.340 e. The summed E-state index contributed by atoms with van der Waals surface area (Å²) in [6.07, 6.45) is -1.49. The van der Waals surface area contributed by atoms with Crippen LogP contribution in [0.3, 0.4) is 0 Å². The van der Waals surface area contributed by atoms with Gasteiger partial charge in [-0.25, -0.2) is 8.78 Å². The Kier molecular flexibility index (Phi) is 4.50. The van der Waals surface area contributed by atoms with E-state index in [1.807, 2.05) is 16.7 Å². The third kappa shape index (κ3) is 2.98. The van der Waals surface area contributed by atoms with Crippen LogP contribution in [0, 0.1) is 5.92 Å². The van der Waals surface area contributed by atoms with Gasteiger partial charge in [0.2, 0.25) is 5.91 Å². The van der Waals surface area contributed by atoms with Crippen LogP contribution in [0.2, 0.25) is 0 Å². The third-order valence-corrected chi connectivity index (χ3v) is 3.89. The molecule has 0 bridgehead atoms. The number of hydrogen-bond donors (Lipinski definition) is 1. The molecule has 0 aromatic rings. The summed E-state index contributed by atoms with van der Waals surface area (Å²) < 4.78 is 24.9. The van der Waals surface area contributed by atoms with E-state index < -0.39 is 6.43 Å². The Morgan fingerprint density at radius 3 is 2.61 bits per heavy atom. The Balaban J connectivity index is 1.89. The van der Waals surface area contributed by atoms with E-state index in [0.29, 0.717) is 19.6 Å². The lowest BCUT2D eigenvalue weighted by molar-refractivity contribution is -0.140. The van der Waals surface area contributed by atoms with Crippen LogP contribution in [-0.2, 0) is 4.79 Å². The van der Waals surface area contributed by atoms with Crippen LogP contribution in [0.15, 0.2) is 0 Å². The molecule has 2 aliphatic heterocycles. The molecule has 0 spiro atoms. The van der Waals surface area contributed by atoms with Crippen LogP contribution >= 0.6 is 0 Å². The van der Waals surface area contributed by atoms with Gasteiger partial charge in [0.15, 0.2) is 0 Å². The second-order valence-electron chi connectivity index (χ2n) is 5.09. The second-order valence-corrected chi connectivity index (χ2v) is 5.09. The molecule has 104 valence electrons. The largest absolute Gasteiger partial charge is 0.340 e. The van der Waals surface area contributed by atoms with Gasteiger partial charge < -0.3 is 10.2 Å². The van der Waals surface area contributed by atoms with E-state index in [-0.39, 0.29) is 24.4 Å². The number of amides is 1. The molecule has 1 N–H and O–H groups in total. The molecule has 0 saturated carbocycles. The topological polar surface area (TPSA) is 35.6 Å². The minimum atomic E-state index is -2.29. The molecular formula is C12H21F2N3O. The van der Waals surface area contributed by atoms with Crippen molar-refractivity contribution in [3.63, 3.8) is 0 Å². The van der Waals surface area contributed by atoms with Gasteiger partial charge >= 0.3 is 0 Å². The molecule has 2 saturated heterocycles. The van der Waals surface area contributed by atoms with Crippen molar-refractivity contribution < 1.29 is 13.6 Å². The molecule has 2 rings (SSSR count). The molecule has 0 aliphatic carbocycles. The number of rotatable bonds is 4. The third-order valence-electron chi connectivity index (χ3n) is 3.89. The van der Waals surface area contributed by atoms with E-state index in [9.17, 15) is 13.6 Å². The van der Waals surface area contributed by atoms with Crippen molar-refractivity contribution >= 4 is 5.91 Å². The summed E-state index contributed by atoms with van der Waals surface area (Å²) in [5.74, 6) is 0.285. The van der Waals surface area contributed by atoms with E-state index in [0.717, 1.165) is 19.5 Å². The normalized spacial score (nSPS) is 26.4. The molecule has 1 amide bonds. The molecule has 6 heteroatoms. The predicted octanol–water partition coefficient (Wildman–Crippen LogP) is 0.394. The SMILES string of the molecule is CCC1CN(C(=O)C2CNC2)CCN1CC(F)F. The Bertz CT molecular complexity index is 297. The molecular weight excluding hydrogens is 240 g/mol. The van der Waals surface area contributed by atoms with Crippen LogP contribution in [0.25, 0.3) is 0 Å². The molecule has 18 heavy (non-hydrogen) atoms. The number of alkyl halides is 2. The van der Waals surface area contributed by atoms with Gasteiger partial charge in [-0.2, -0.15) is 0 Å². The first kappa shape index (κ1) is 13.7. The zero-order valence-electron chi connectivity index (χ0n) is 10.7. The maximum Gasteiger partial charge on any atom is 0.251 e. The average molecular weight is 261 g/mol. The lowest BCUT2D eigenvalue weighted by Crippen LogP contribution is -2.59. The van der Waals surface area contributed by atoms with Crippen LogP contribution in [-0.4, -0.2) is 67.4 Å². The number of carbonyl (C=O) groups is 1. The quantitative estimate of drug-likeness (QED) is 0.795. The van der Waals surface area contributed by atoms with Crippen LogP contribution < -0.4 is 5.32 Å². The minimum absolute atomic E-state index is 0.0738. The van der Waals surface area contributed by atoms with Crippen molar-refractivity contribution in [1.29, 1.82) is 0 Å². The summed E-state index contributed by atoms with van der Waals surface area (Å²) in [6, 6.07) is 0.0738. The van der Waals surface area contributed by atoms with Gasteiger partial charge in [-0.15, -0.1) is 0 Å². The van der Waals surface area contributed by atoms with Crippen molar-refractivity contribution in [2.24, 2.45) is 5.92 Å². The van der Waals surface area contributed by atoms with Crippen molar-refractivity contribution in [3.05, 3.63) is 0 Å². The van der Waals surface area contributed by atoms with Gasteiger partial charge in [0, 0.05) is 38.8 Å². The predicted molar refractivity (Wildman–Crippen MR) is 64.6 cm³/mol. The number of nitrogens with zero attached hydrogens (tertiary/aromatic N) is 2. The smallest absolute Gasteiger partial charge is 0.251 e. The fourth-order valence-corrected chi connectivity index (χ4v) is 2.62. The van der Waals surface area contributed by atoms with Crippen molar-refractivity contribution in [3.8, 4) is 0 Å². The Morgan fingerprint density at radius 2 is 2.11 bits per heavy atom.